The first kappa shape index (κ1) is 9.71. The van der Waals surface area contributed by atoms with Crippen LogP contribution in [0.1, 0.15) is 23.5 Å². The van der Waals surface area contributed by atoms with Crippen LogP contribution in [0, 0.1) is 6.92 Å². The van der Waals surface area contributed by atoms with E-state index in [0.717, 1.165) is 6.54 Å². The topological polar surface area (TPSA) is 3.24 Å². The summed E-state index contributed by atoms with van der Waals surface area (Å²) >= 11 is 0. The molecule has 1 aromatic carbocycles. The number of benzene rings is 1. The van der Waals surface area contributed by atoms with E-state index in [2.05, 4.69) is 48.8 Å². The van der Waals surface area contributed by atoms with Gasteiger partial charge >= 0.3 is 0 Å². The molecular formula is C15H17N. The molecule has 1 aliphatic heterocycles. The van der Waals surface area contributed by atoms with E-state index in [-0.39, 0.29) is 0 Å². The molecule has 0 N–H and O–H groups in total. The van der Waals surface area contributed by atoms with Crippen LogP contribution in [0.4, 0.5) is 5.69 Å². The van der Waals surface area contributed by atoms with Crippen molar-refractivity contribution in [2.45, 2.75) is 25.3 Å². The van der Waals surface area contributed by atoms with Crippen molar-refractivity contribution in [2.75, 3.05) is 11.4 Å². The molecule has 0 amide bonds. The predicted molar refractivity (Wildman–Crippen MR) is 69.0 cm³/mol. The average molecular weight is 211 g/mol. The molecule has 0 fully saturated rings. The first-order valence-corrected chi connectivity index (χ1v) is 5.96. The number of anilines is 1. The number of hydrogen-bond acceptors (Lipinski definition) is 1. The largest absolute Gasteiger partial charge is 0.361 e. The molecule has 16 heavy (non-hydrogen) atoms. The maximum Gasteiger partial charge on any atom is 0.0549 e. The van der Waals surface area contributed by atoms with Gasteiger partial charge < -0.3 is 4.90 Å². The standard InChI is InChI=1S/C15H17N/c1-3-9-16-14-6-4-5-12(14)13-10-11(2)7-8-15(13)16/h3-4,6-8,10,12,14H,1,5,9H2,2H3. The van der Waals surface area contributed by atoms with Gasteiger partial charge in [-0.3, -0.25) is 0 Å². The van der Waals surface area contributed by atoms with Gasteiger partial charge in [0.25, 0.3) is 0 Å². The highest BCUT2D eigenvalue weighted by Crippen LogP contribution is 2.46. The second-order valence-electron chi connectivity index (χ2n) is 4.76. The Bertz CT molecular complexity index is 459. The van der Waals surface area contributed by atoms with Crippen LogP contribution in [0.5, 0.6) is 0 Å². The molecule has 2 aliphatic rings. The fraction of sp³-hybridized carbons (Fsp3) is 0.333. The third kappa shape index (κ3) is 1.24. The summed E-state index contributed by atoms with van der Waals surface area (Å²) in [5.74, 6) is 0.676. The van der Waals surface area contributed by atoms with Crippen molar-refractivity contribution in [3.63, 3.8) is 0 Å². The molecule has 0 radical (unpaired) electrons. The van der Waals surface area contributed by atoms with E-state index in [4.69, 9.17) is 0 Å². The van der Waals surface area contributed by atoms with Crippen molar-refractivity contribution in [3.05, 3.63) is 54.1 Å². The van der Waals surface area contributed by atoms with Crippen LogP contribution >= 0.6 is 0 Å². The number of fused-ring (bicyclic) bond motifs is 3. The van der Waals surface area contributed by atoms with E-state index in [1.807, 2.05) is 6.08 Å². The lowest BCUT2D eigenvalue weighted by atomic mass is 9.95. The summed E-state index contributed by atoms with van der Waals surface area (Å²) in [5, 5.41) is 0. The zero-order chi connectivity index (χ0) is 11.1. The Morgan fingerprint density at radius 1 is 1.50 bits per heavy atom. The Labute approximate surface area is 97.1 Å². The highest BCUT2D eigenvalue weighted by Gasteiger charge is 2.37. The van der Waals surface area contributed by atoms with Crippen LogP contribution in [-0.2, 0) is 0 Å². The lowest BCUT2D eigenvalue weighted by Crippen LogP contribution is -2.30. The van der Waals surface area contributed by atoms with Gasteiger partial charge in [-0.05, 0) is 25.0 Å². The van der Waals surface area contributed by atoms with Gasteiger partial charge in [-0.15, -0.1) is 6.58 Å². The summed E-state index contributed by atoms with van der Waals surface area (Å²) in [7, 11) is 0. The second-order valence-corrected chi connectivity index (χ2v) is 4.76. The Morgan fingerprint density at radius 3 is 3.19 bits per heavy atom. The molecular weight excluding hydrogens is 194 g/mol. The van der Waals surface area contributed by atoms with Gasteiger partial charge in [-0.25, -0.2) is 0 Å². The van der Waals surface area contributed by atoms with Gasteiger partial charge in [0.1, 0.15) is 0 Å². The molecule has 0 bridgehead atoms. The minimum Gasteiger partial charge on any atom is -0.361 e. The van der Waals surface area contributed by atoms with Crippen LogP contribution < -0.4 is 4.90 Å². The highest BCUT2D eigenvalue weighted by atomic mass is 15.2. The number of nitrogens with zero attached hydrogens (tertiary/aromatic N) is 1. The molecule has 1 nitrogen and oxygen atoms in total. The van der Waals surface area contributed by atoms with Crippen molar-refractivity contribution in [1.29, 1.82) is 0 Å². The Balaban J connectivity index is 2.09. The number of hydrogen-bond donors (Lipinski definition) is 0. The van der Waals surface area contributed by atoms with Crippen LogP contribution in [0.3, 0.4) is 0 Å². The molecule has 0 aromatic heterocycles. The van der Waals surface area contributed by atoms with Crippen molar-refractivity contribution < 1.29 is 0 Å². The minimum atomic E-state index is 0.565. The Hall–Kier alpha value is -1.50. The van der Waals surface area contributed by atoms with Gasteiger partial charge in [-0.1, -0.05) is 35.9 Å². The van der Waals surface area contributed by atoms with Crippen LogP contribution in [-0.4, -0.2) is 12.6 Å². The summed E-state index contributed by atoms with van der Waals surface area (Å²) in [6.07, 6.45) is 7.85. The van der Waals surface area contributed by atoms with Crippen LogP contribution in [0.25, 0.3) is 0 Å². The van der Waals surface area contributed by atoms with Gasteiger partial charge in [0.2, 0.25) is 0 Å². The molecule has 3 rings (SSSR count). The maximum absolute atomic E-state index is 3.86. The van der Waals surface area contributed by atoms with E-state index >= 15 is 0 Å². The van der Waals surface area contributed by atoms with Crippen LogP contribution in [0.15, 0.2) is 43.0 Å². The fourth-order valence-corrected chi connectivity index (χ4v) is 3.02. The molecule has 0 saturated heterocycles. The summed E-state index contributed by atoms with van der Waals surface area (Å²) in [5.41, 5.74) is 4.30. The Kier molecular flexibility index (Phi) is 2.13. The molecule has 2 unspecified atom stereocenters. The molecule has 0 saturated carbocycles. The predicted octanol–water partition coefficient (Wildman–Crippen LogP) is 3.41. The second kappa shape index (κ2) is 3.51. The lowest BCUT2D eigenvalue weighted by molar-refractivity contribution is 0.658. The average Bonchev–Trinajstić information content (AvgIpc) is 2.82. The summed E-state index contributed by atoms with van der Waals surface area (Å²) in [4.78, 5) is 2.47. The molecule has 1 heteroatoms. The molecule has 2 atom stereocenters. The van der Waals surface area contributed by atoms with Crippen molar-refractivity contribution in [2.24, 2.45) is 0 Å². The quantitative estimate of drug-likeness (QED) is 0.678. The van der Waals surface area contributed by atoms with E-state index < -0.39 is 0 Å². The van der Waals surface area contributed by atoms with E-state index in [9.17, 15) is 0 Å². The number of rotatable bonds is 2. The van der Waals surface area contributed by atoms with E-state index in [1.54, 1.807) is 0 Å². The van der Waals surface area contributed by atoms with Crippen molar-refractivity contribution >= 4 is 5.69 Å². The fourth-order valence-electron chi connectivity index (χ4n) is 3.02. The van der Waals surface area contributed by atoms with Gasteiger partial charge in [0.15, 0.2) is 0 Å². The SMILES string of the molecule is C=CCN1c2ccc(C)cc2C2CC=CC21. The van der Waals surface area contributed by atoms with E-state index in [1.165, 1.54) is 23.2 Å². The zero-order valence-corrected chi connectivity index (χ0v) is 9.69. The summed E-state index contributed by atoms with van der Waals surface area (Å²) < 4.78 is 0. The van der Waals surface area contributed by atoms with Crippen molar-refractivity contribution in [3.8, 4) is 0 Å². The Morgan fingerprint density at radius 2 is 2.38 bits per heavy atom. The molecule has 82 valence electrons. The minimum absolute atomic E-state index is 0.565. The number of aryl methyl sites for hydroxylation is 1. The summed E-state index contributed by atoms with van der Waals surface area (Å²) in [6, 6.07) is 7.39. The smallest absolute Gasteiger partial charge is 0.0549 e. The molecule has 1 heterocycles. The molecule has 1 aromatic rings. The highest BCUT2D eigenvalue weighted by molar-refractivity contribution is 5.65. The molecule has 0 spiro atoms. The maximum atomic E-state index is 3.86. The number of allylic oxidation sites excluding steroid dienone is 1. The van der Waals surface area contributed by atoms with Crippen molar-refractivity contribution in [1.82, 2.24) is 0 Å². The third-order valence-electron chi connectivity index (χ3n) is 3.71. The molecule has 1 aliphatic carbocycles. The lowest BCUT2D eigenvalue weighted by Gasteiger charge is -2.24. The van der Waals surface area contributed by atoms with Gasteiger partial charge in [0, 0.05) is 18.2 Å². The van der Waals surface area contributed by atoms with Crippen LogP contribution in [0.2, 0.25) is 0 Å². The normalized spacial score (nSPS) is 25.7. The zero-order valence-electron chi connectivity index (χ0n) is 9.69. The summed E-state index contributed by atoms with van der Waals surface area (Å²) in [6.45, 7) is 6.98. The first-order chi connectivity index (χ1) is 7.81. The van der Waals surface area contributed by atoms with Gasteiger partial charge in [0.05, 0.1) is 6.04 Å². The van der Waals surface area contributed by atoms with Gasteiger partial charge in [-0.2, -0.15) is 0 Å². The monoisotopic (exact) mass is 211 g/mol. The first-order valence-electron chi connectivity index (χ1n) is 5.96. The van der Waals surface area contributed by atoms with E-state index in [0.29, 0.717) is 12.0 Å². The third-order valence-corrected chi connectivity index (χ3v) is 3.71.